The number of hydrogen-bond donors (Lipinski definition) is 1. The van der Waals surface area contributed by atoms with Gasteiger partial charge in [-0.05, 0) is 18.8 Å². The molecule has 1 saturated carbocycles. The molecule has 102 valence electrons. The van der Waals surface area contributed by atoms with E-state index in [-0.39, 0.29) is 11.7 Å². The van der Waals surface area contributed by atoms with Gasteiger partial charge in [0.2, 0.25) is 5.91 Å². The second-order valence-electron chi connectivity index (χ2n) is 5.05. The summed E-state index contributed by atoms with van der Waals surface area (Å²) < 4.78 is 11.3. The van der Waals surface area contributed by atoms with Crippen molar-refractivity contribution in [2.75, 3.05) is 19.8 Å². The van der Waals surface area contributed by atoms with Crippen molar-refractivity contribution in [3.63, 3.8) is 0 Å². The van der Waals surface area contributed by atoms with Gasteiger partial charge >= 0.3 is 0 Å². The average molecular weight is 274 g/mol. The molecule has 4 nitrogen and oxygen atoms in total. The predicted molar refractivity (Wildman–Crippen MR) is 69.2 cm³/mol. The van der Waals surface area contributed by atoms with Crippen LogP contribution in [0.15, 0.2) is 11.6 Å². The van der Waals surface area contributed by atoms with Crippen LogP contribution in [-0.2, 0) is 14.3 Å². The number of hydrogen-bond acceptors (Lipinski definition) is 3. The van der Waals surface area contributed by atoms with Crippen LogP contribution in [0.4, 0.5) is 0 Å². The third-order valence-corrected chi connectivity index (χ3v) is 3.77. The topological polar surface area (TPSA) is 47.6 Å². The number of rotatable bonds is 4. The predicted octanol–water partition coefficient (Wildman–Crippen LogP) is 2.18. The van der Waals surface area contributed by atoms with Crippen LogP contribution in [0.2, 0.25) is 0 Å². The number of ether oxygens (including phenoxy) is 2. The lowest BCUT2D eigenvalue weighted by molar-refractivity contribution is -0.183. The van der Waals surface area contributed by atoms with Crippen molar-refractivity contribution < 1.29 is 14.3 Å². The molecule has 0 aromatic carbocycles. The molecule has 1 spiro atoms. The summed E-state index contributed by atoms with van der Waals surface area (Å²) in [6.45, 7) is 5.28. The summed E-state index contributed by atoms with van der Waals surface area (Å²) in [7, 11) is 0. The first-order valence-electron chi connectivity index (χ1n) is 6.47. The minimum atomic E-state index is -0.336. The SMILES string of the molecule is C=C(Cl)CNC(=O)CC1CCC2(CC1)OCCO2. The second-order valence-corrected chi connectivity index (χ2v) is 5.58. The van der Waals surface area contributed by atoms with Gasteiger partial charge in [0.15, 0.2) is 5.79 Å². The number of carbonyl (C=O) groups is 1. The van der Waals surface area contributed by atoms with Crippen molar-refractivity contribution in [3.8, 4) is 0 Å². The van der Waals surface area contributed by atoms with E-state index in [2.05, 4.69) is 11.9 Å². The molecule has 2 aliphatic rings. The first-order valence-corrected chi connectivity index (χ1v) is 6.85. The van der Waals surface area contributed by atoms with E-state index >= 15 is 0 Å². The Morgan fingerprint density at radius 1 is 1.33 bits per heavy atom. The van der Waals surface area contributed by atoms with Crippen LogP contribution in [0.1, 0.15) is 32.1 Å². The van der Waals surface area contributed by atoms with Gasteiger partial charge in [0.25, 0.3) is 0 Å². The van der Waals surface area contributed by atoms with Crippen molar-refractivity contribution in [1.82, 2.24) is 5.32 Å². The maximum absolute atomic E-state index is 11.7. The minimum absolute atomic E-state index is 0.0472. The maximum Gasteiger partial charge on any atom is 0.220 e. The highest BCUT2D eigenvalue weighted by atomic mass is 35.5. The molecule has 5 heteroatoms. The smallest absolute Gasteiger partial charge is 0.220 e. The van der Waals surface area contributed by atoms with E-state index in [1.165, 1.54) is 0 Å². The summed E-state index contributed by atoms with van der Waals surface area (Å²) in [4.78, 5) is 11.7. The third-order valence-electron chi connectivity index (χ3n) is 3.63. The first kappa shape index (κ1) is 13.8. The summed E-state index contributed by atoms with van der Waals surface area (Å²) in [5.41, 5.74) is 0. The second kappa shape index (κ2) is 6.04. The van der Waals surface area contributed by atoms with Crippen molar-refractivity contribution in [3.05, 3.63) is 11.6 Å². The Kier molecular flexibility index (Phi) is 4.65. The lowest BCUT2D eigenvalue weighted by atomic mass is 9.83. The molecule has 0 atom stereocenters. The van der Waals surface area contributed by atoms with Crippen molar-refractivity contribution in [2.45, 2.75) is 37.9 Å². The zero-order valence-corrected chi connectivity index (χ0v) is 11.3. The Morgan fingerprint density at radius 2 is 1.94 bits per heavy atom. The molecule has 2 rings (SSSR count). The molecule has 1 saturated heterocycles. The summed E-state index contributed by atoms with van der Waals surface area (Å²) in [6, 6.07) is 0. The van der Waals surface area contributed by atoms with E-state index in [0.29, 0.717) is 37.1 Å². The summed E-state index contributed by atoms with van der Waals surface area (Å²) in [5, 5.41) is 3.21. The van der Waals surface area contributed by atoms with Crippen LogP contribution in [0, 0.1) is 5.92 Å². The minimum Gasteiger partial charge on any atom is -0.351 e. The van der Waals surface area contributed by atoms with Gasteiger partial charge in [0, 0.05) is 24.3 Å². The van der Waals surface area contributed by atoms with Crippen LogP contribution in [0.3, 0.4) is 0 Å². The van der Waals surface area contributed by atoms with Gasteiger partial charge < -0.3 is 14.8 Å². The van der Waals surface area contributed by atoms with Gasteiger partial charge in [-0.15, -0.1) is 0 Å². The molecule has 1 heterocycles. The monoisotopic (exact) mass is 273 g/mol. The van der Waals surface area contributed by atoms with E-state index in [1.807, 2.05) is 0 Å². The van der Waals surface area contributed by atoms with E-state index in [9.17, 15) is 4.79 Å². The van der Waals surface area contributed by atoms with Crippen LogP contribution in [-0.4, -0.2) is 31.5 Å². The highest BCUT2D eigenvalue weighted by Gasteiger charge is 2.40. The number of halogens is 1. The van der Waals surface area contributed by atoms with Crippen molar-refractivity contribution >= 4 is 17.5 Å². The van der Waals surface area contributed by atoms with E-state index in [1.54, 1.807) is 0 Å². The first-order chi connectivity index (χ1) is 8.60. The molecule has 0 radical (unpaired) electrons. The summed E-state index contributed by atoms with van der Waals surface area (Å²) in [6.07, 6.45) is 4.31. The van der Waals surface area contributed by atoms with Gasteiger partial charge in [-0.3, -0.25) is 4.79 Å². The highest BCUT2D eigenvalue weighted by molar-refractivity contribution is 6.29. The van der Waals surface area contributed by atoms with Crippen LogP contribution >= 0.6 is 11.6 Å². The van der Waals surface area contributed by atoms with Gasteiger partial charge in [-0.25, -0.2) is 0 Å². The molecular formula is C13H20ClNO3. The molecule has 1 aliphatic heterocycles. The normalized spacial score (nSPS) is 23.2. The molecule has 0 aromatic heterocycles. The molecule has 0 aromatic rings. The Labute approximate surface area is 113 Å². The fourth-order valence-electron chi connectivity index (χ4n) is 2.64. The molecule has 1 amide bonds. The Hall–Kier alpha value is -0.580. The zero-order chi connectivity index (χ0) is 13.0. The molecule has 0 unspecified atom stereocenters. The fraction of sp³-hybridized carbons (Fsp3) is 0.769. The Bertz CT molecular complexity index is 316. The largest absolute Gasteiger partial charge is 0.351 e. The third kappa shape index (κ3) is 3.70. The number of amides is 1. The number of nitrogens with one attached hydrogen (secondary N) is 1. The Balaban J connectivity index is 1.70. The molecular weight excluding hydrogens is 254 g/mol. The van der Waals surface area contributed by atoms with Crippen LogP contribution in [0.5, 0.6) is 0 Å². The summed E-state index contributed by atoms with van der Waals surface area (Å²) >= 11 is 5.60. The maximum atomic E-state index is 11.7. The lowest BCUT2D eigenvalue weighted by Gasteiger charge is -2.35. The zero-order valence-electron chi connectivity index (χ0n) is 10.5. The standard InChI is InChI=1S/C13H20ClNO3/c1-10(14)9-15-12(16)8-11-2-4-13(5-3-11)17-6-7-18-13/h11H,1-9H2,(H,15,16). The molecule has 1 N–H and O–H groups in total. The molecule has 0 bridgehead atoms. The van der Waals surface area contributed by atoms with Gasteiger partial charge in [0.05, 0.1) is 19.8 Å². The lowest BCUT2D eigenvalue weighted by Crippen LogP contribution is -2.36. The van der Waals surface area contributed by atoms with Crippen molar-refractivity contribution in [1.29, 1.82) is 0 Å². The highest BCUT2D eigenvalue weighted by Crippen LogP contribution is 2.39. The van der Waals surface area contributed by atoms with Gasteiger partial charge in [-0.1, -0.05) is 18.2 Å². The van der Waals surface area contributed by atoms with Crippen LogP contribution in [0.25, 0.3) is 0 Å². The fourth-order valence-corrected chi connectivity index (χ4v) is 2.70. The average Bonchev–Trinajstić information content (AvgIpc) is 2.79. The van der Waals surface area contributed by atoms with Crippen molar-refractivity contribution in [2.24, 2.45) is 5.92 Å². The molecule has 2 fully saturated rings. The van der Waals surface area contributed by atoms with E-state index < -0.39 is 0 Å². The van der Waals surface area contributed by atoms with Gasteiger partial charge in [0.1, 0.15) is 0 Å². The number of carbonyl (C=O) groups excluding carboxylic acids is 1. The summed E-state index contributed by atoms with van der Waals surface area (Å²) in [5.74, 6) is 0.134. The quantitative estimate of drug-likeness (QED) is 0.854. The molecule has 18 heavy (non-hydrogen) atoms. The molecule has 1 aliphatic carbocycles. The van der Waals surface area contributed by atoms with E-state index in [4.69, 9.17) is 21.1 Å². The Morgan fingerprint density at radius 3 is 2.50 bits per heavy atom. The van der Waals surface area contributed by atoms with Crippen LogP contribution < -0.4 is 5.32 Å². The van der Waals surface area contributed by atoms with Gasteiger partial charge in [-0.2, -0.15) is 0 Å². The van der Waals surface area contributed by atoms with E-state index in [0.717, 1.165) is 25.7 Å².